The molecule has 1 unspecified atom stereocenters. The van der Waals surface area contributed by atoms with E-state index in [2.05, 4.69) is 15.5 Å². The van der Waals surface area contributed by atoms with Crippen molar-refractivity contribution in [2.45, 2.75) is 25.0 Å². The summed E-state index contributed by atoms with van der Waals surface area (Å²) < 4.78 is 7.11. The van der Waals surface area contributed by atoms with Gasteiger partial charge in [0.05, 0.1) is 18.9 Å². The fraction of sp³-hybridized carbons (Fsp3) is 0.250. The molecule has 28 heavy (non-hydrogen) atoms. The van der Waals surface area contributed by atoms with Crippen molar-refractivity contribution in [1.29, 1.82) is 0 Å². The molecule has 0 aliphatic rings. The normalized spacial score (nSPS) is 11.9. The summed E-state index contributed by atoms with van der Waals surface area (Å²) in [5.41, 5.74) is 1.80. The molecule has 6 nitrogen and oxygen atoms in total. The predicted octanol–water partition coefficient (Wildman–Crippen LogP) is 4.21. The van der Waals surface area contributed by atoms with Crippen molar-refractivity contribution in [2.24, 2.45) is 0 Å². The highest BCUT2D eigenvalue weighted by atomic mass is 35.5. The van der Waals surface area contributed by atoms with E-state index in [4.69, 9.17) is 16.3 Å². The van der Waals surface area contributed by atoms with Crippen LogP contribution in [-0.2, 0) is 4.79 Å². The lowest BCUT2D eigenvalue weighted by Crippen LogP contribution is -2.28. The summed E-state index contributed by atoms with van der Waals surface area (Å²) in [5.74, 6) is 1.65. The van der Waals surface area contributed by atoms with Gasteiger partial charge in [0.15, 0.2) is 5.16 Å². The first-order chi connectivity index (χ1) is 13.5. The summed E-state index contributed by atoms with van der Waals surface area (Å²) in [6.07, 6.45) is 0. The molecule has 146 valence electrons. The minimum Gasteiger partial charge on any atom is -0.497 e. The number of carbonyl (C=O) groups excluding carboxylic acids is 1. The number of thioether (sulfide) groups is 1. The Balaban J connectivity index is 1.66. The number of aromatic nitrogens is 3. The van der Waals surface area contributed by atoms with E-state index in [1.165, 1.54) is 11.8 Å². The van der Waals surface area contributed by atoms with Crippen molar-refractivity contribution in [2.75, 3.05) is 12.9 Å². The quantitative estimate of drug-likeness (QED) is 0.584. The predicted molar refractivity (Wildman–Crippen MR) is 111 cm³/mol. The second kappa shape index (κ2) is 9.12. The maximum Gasteiger partial charge on any atom is 0.230 e. The standard InChI is InChI=1S/C20H21ClN4O2S/c1-13(17-6-4-5-7-18(17)21)22-19(26)12-28-20-24-23-14(2)25(20)15-8-10-16(27-3)11-9-15/h4-11,13H,12H2,1-3H3,(H,22,26). The fourth-order valence-corrected chi connectivity index (χ4v) is 3.89. The highest BCUT2D eigenvalue weighted by Crippen LogP contribution is 2.25. The molecule has 8 heteroatoms. The zero-order valence-corrected chi connectivity index (χ0v) is 17.4. The van der Waals surface area contributed by atoms with Crippen LogP contribution < -0.4 is 10.1 Å². The summed E-state index contributed by atoms with van der Waals surface area (Å²) in [4.78, 5) is 12.4. The number of rotatable bonds is 7. The number of methoxy groups -OCH3 is 1. The zero-order chi connectivity index (χ0) is 20.1. The molecule has 0 saturated carbocycles. The van der Waals surface area contributed by atoms with Crippen LogP contribution in [0, 0.1) is 6.92 Å². The van der Waals surface area contributed by atoms with Crippen molar-refractivity contribution < 1.29 is 9.53 Å². The lowest BCUT2D eigenvalue weighted by atomic mass is 10.1. The molecule has 0 fully saturated rings. The van der Waals surface area contributed by atoms with Crippen LogP contribution in [0.15, 0.2) is 53.7 Å². The summed E-state index contributed by atoms with van der Waals surface area (Å²) in [6.45, 7) is 3.79. The first-order valence-corrected chi connectivity index (χ1v) is 10.1. The Morgan fingerprint density at radius 3 is 2.61 bits per heavy atom. The van der Waals surface area contributed by atoms with Gasteiger partial charge in [-0.15, -0.1) is 10.2 Å². The van der Waals surface area contributed by atoms with Gasteiger partial charge in [-0.3, -0.25) is 9.36 Å². The average molecular weight is 417 g/mol. The largest absolute Gasteiger partial charge is 0.497 e. The van der Waals surface area contributed by atoms with Gasteiger partial charge < -0.3 is 10.1 Å². The number of benzene rings is 2. The molecular formula is C20H21ClN4O2S. The molecule has 0 aliphatic heterocycles. The van der Waals surface area contributed by atoms with Crippen LogP contribution in [0.5, 0.6) is 5.75 Å². The molecule has 3 rings (SSSR count). The van der Waals surface area contributed by atoms with Crippen LogP contribution in [0.4, 0.5) is 0 Å². The van der Waals surface area contributed by atoms with E-state index in [1.807, 2.05) is 66.9 Å². The zero-order valence-electron chi connectivity index (χ0n) is 15.8. The van der Waals surface area contributed by atoms with Crippen LogP contribution in [-0.4, -0.2) is 33.5 Å². The van der Waals surface area contributed by atoms with Crippen LogP contribution in [0.1, 0.15) is 24.4 Å². The van der Waals surface area contributed by atoms with Crippen molar-refractivity contribution >= 4 is 29.3 Å². The van der Waals surface area contributed by atoms with Crippen molar-refractivity contribution in [3.05, 3.63) is 64.9 Å². The van der Waals surface area contributed by atoms with E-state index in [1.54, 1.807) is 7.11 Å². The lowest BCUT2D eigenvalue weighted by molar-refractivity contribution is -0.119. The van der Waals surface area contributed by atoms with Crippen molar-refractivity contribution in [1.82, 2.24) is 20.1 Å². The third-order valence-corrected chi connectivity index (χ3v) is 5.48. The van der Waals surface area contributed by atoms with Crippen molar-refractivity contribution in [3.8, 4) is 11.4 Å². The minimum absolute atomic E-state index is 0.0978. The number of carbonyl (C=O) groups is 1. The molecule has 0 aliphatic carbocycles. The molecule has 1 heterocycles. The minimum atomic E-state index is -0.178. The van der Waals surface area contributed by atoms with Crippen LogP contribution in [0.3, 0.4) is 0 Å². The lowest BCUT2D eigenvalue weighted by Gasteiger charge is -2.15. The summed E-state index contributed by atoms with van der Waals surface area (Å²) in [6, 6.07) is 14.9. The number of nitrogens with zero attached hydrogens (tertiary/aromatic N) is 3. The Bertz CT molecular complexity index is 959. The van der Waals surface area contributed by atoms with E-state index < -0.39 is 0 Å². The van der Waals surface area contributed by atoms with Crippen LogP contribution in [0.25, 0.3) is 5.69 Å². The van der Waals surface area contributed by atoms with Gasteiger partial charge >= 0.3 is 0 Å². The van der Waals surface area contributed by atoms with E-state index in [9.17, 15) is 4.79 Å². The molecule has 1 atom stereocenters. The van der Waals surface area contributed by atoms with Gasteiger partial charge in [0.1, 0.15) is 11.6 Å². The number of ether oxygens (including phenoxy) is 1. The maximum atomic E-state index is 12.4. The summed E-state index contributed by atoms with van der Waals surface area (Å²) in [5, 5.41) is 12.6. The van der Waals surface area contributed by atoms with E-state index in [0.29, 0.717) is 10.2 Å². The smallest absolute Gasteiger partial charge is 0.230 e. The molecule has 1 amide bonds. The van der Waals surface area contributed by atoms with Crippen LogP contribution in [0.2, 0.25) is 5.02 Å². The maximum absolute atomic E-state index is 12.4. The van der Waals surface area contributed by atoms with Gasteiger partial charge in [-0.05, 0) is 49.7 Å². The number of hydrogen-bond donors (Lipinski definition) is 1. The number of hydrogen-bond acceptors (Lipinski definition) is 5. The molecule has 0 saturated heterocycles. The van der Waals surface area contributed by atoms with Gasteiger partial charge in [-0.1, -0.05) is 41.6 Å². The molecule has 3 aromatic rings. The highest BCUT2D eigenvalue weighted by molar-refractivity contribution is 7.99. The van der Waals surface area contributed by atoms with Crippen LogP contribution >= 0.6 is 23.4 Å². The third-order valence-electron chi connectivity index (χ3n) is 4.21. The summed E-state index contributed by atoms with van der Waals surface area (Å²) in [7, 11) is 1.63. The molecule has 0 bridgehead atoms. The monoisotopic (exact) mass is 416 g/mol. The summed E-state index contributed by atoms with van der Waals surface area (Å²) >= 11 is 7.54. The average Bonchev–Trinajstić information content (AvgIpc) is 3.07. The Hall–Kier alpha value is -2.51. The molecule has 1 aromatic heterocycles. The number of amides is 1. The third kappa shape index (κ3) is 4.66. The Kier molecular flexibility index (Phi) is 6.59. The van der Waals surface area contributed by atoms with E-state index in [0.717, 1.165) is 22.8 Å². The van der Waals surface area contributed by atoms with E-state index in [-0.39, 0.29) is 17.7 Å². The molecule has 2 aromatic carbocycles. The SMILES string of the molecule is COc1ccc(-n2c(C)nnc2SCC(=O)NC(C)c2ccccc2Cl)cc1. The molecule has 0 radical (unpaired) electrons. The Morgan fingerprint density at radius 2 is 1.93 bits per heavy atom. The molecule has 1 N–H and O–H groups in total. The van der Waals surface area contributed by atoms with Gasteiger partial charge in [0.25, 0.3) is 0 Å². The first kappa shape index (κ1) is 20.2. The second-order valence-electron chi connectivity index (χ2n) is 6.16. The molecular weight excluding hydrogens is 396 g/mol. The van der Waals surface area contributed by atoms with Gasteiger partial charge in [-0.25, -0.2) is 0 Å². The van der Waals surface area contributed by atoms with Crippen molar-refractivity contribution in [3.63, 3.8) is 0 Å². The van der Waals surface area contributed by atoms with Gasteiger partial charge in [0.2, 0.25) is 5.91 Å². The number of aryl methyl sites for hydroxylation is 1. The second-order valence-corrected chi connectivity index (χ2v) is 7.51. The van der Waals surface area contributed by atoms with Gasteiger partial charge in [-0.2, -0.15) is 0 Å². The first-order valence-electron chi connectivity index (χ1n) is 8.72. The number of nitrogens with one attached hydrogen (secondary N) is 1. The highest BCUT2D eigenvalue weighted by Gasteiger charge is 2.16. The molecule has 0 spiro atoms. The Morgan fingerprint density at radius 1 is 1.21 bits per heavy atom. The van der Waals surface area contributed by atoms with Gasteiger partial charge in [0, 0.05) is 10.7 Å². The number of halogens is 1. The van der Waals surface area contributed by atoms with E-state index >= 15 is 0 Å². The topological polar surface area (TPSA) is 69.0 Å². The Labute approximate surface area is 173 Å². The fourth-order valence-electron chi connectivity index (χ4n) is 2.78.